The molecule has 3 aromatic rings. The zero-order chi connectivity index (χ0) is 23.8. The van der Waals surface area contributed by atoms with E-state index >= 15 is 0 Å². The van der Waals surface area contributed by atoms with Crippen LogP contribution in [0.2, 0.25) is 0 Å². The number of carbonyl (C=O) groups is 1. The van der Waals surface area contributed by atoms with Gasteiger partial charge in [0.1, 0.15) is 5.82 Å². The zero-order valence-electron chi connectivity index (χ0n) is 19.8. The van der Waals surface area contributed by atoms with Gasteiger partial charge in [0.25, 0.3) is 0 Å². The number of amides is 1. The molecule has 3 saturated heterocycles. The number of rotatable bonds is 4. The Bertz CT molecular complexity index is 1250. The van der Waals surface area contributed by atoms with Gasteiger partial charge in [0.05, 0.1) is 34.6 Å². The van der Waals surface area contributed by atoms with E-state index < -0.39 is 0 Å². The molecule has 1 amide bonds. The summed E-state index contributed by atoms with van der Waals surface area (Å²) in [5.74, 6) is 3.62. The Balaban J connectivity index is 1.18. The fraction of sp³-hybridized carbons (Fsp3) is 0.444. The number of piperidine rings is 1. The number of nitriles is 1. The molecule has 4 heterocycles. The summed E-state index contributed by atoms with van der Waals surface area (Å²) >= 11 is 1.84. The van der Waals surface area contributed by atoms with Crippen LogP contribution in [0.4, 0.5) is 0 Å². The maximum atomic E-state index is 12.8. The average molecular weight is 487 g/mol. The largest absolute Gasteiger partial charge is 0.331 e. The van der Waals surface area contributed by atoms with Crippen molar-refractivity contribution >= 4 is 28.7 Å². The first kappa shape index (κ1) is 22.6. The Morgan fingerprint density at radius 3 is 2.69 bits per heavy atom. The highest BCUT2D eigenvalue weighted by molar-refractivity contribution is 7.99. The van der Waals surface area contributed by atoms with Crippen LogP contribution in [-0.4, -0.2) is 75.2 Å². The van der Waals surface area contributed by atoms with Crippen LogP contribution >= 0.6 is 11.8 Å². The first-order valence-electron chi connectivity index (χ1n) is 12.5. The van der Waals surface area contributed by atoms with Crippen molar-refractivity contribution in [2.75, 3.05) is 37.8 Å². The van der Waals surface area contributed by atoms with Crippen LogP contribution in [0.25, 0.3) is 16.7 Å². The molecule has 180 valence electrons. The Morgan fingerprint density at radius 1 is 1.11 bits per heavy atom. The summed E-state index contributed by atoms with van der Waals surface area (Å²) in [5, 5.41) is 12.9. The van der Waals surface area contributed by atoms with Crippen molar-refractivity contribution < 1.29 is 4.79 Å². The fourth-order valence-electron chi connectivity index (χ4n) is 5.81. The van der Waals surface area contributed by atoms with Crippen LogP contribution in [-0.2, 0) is 4.79 Å². The Kier molecular flexibility index (Phi) is 6.23. The topological polar surface area (TPSA) is 77.2 Å². The van der Waals surface area contributed by atoms with E-state index in [0.29, 0.717) is 17.5 Å². The maximum Gasteiger partial charge on any atom is 0.240 e. The van der Waals surface area contributed by atoms with E-state index in [4.69, 9.17) is 4.98 Å². The molecule has 3 aliphatic heterocycles. The predicted octanol–water partition coefficient (Wildman–Crippen LogP) is 3.34. The van der Waals surface area contributed by atoms with Crippen LogP contribution < -0.4 is 5.32 Å². The molecule has 7 nitrogen and oxygen atoms in total. The minimum Gasteiger partial charge on any atom is -0.331 e. The molecule has 1 aromatic heterocycles. The molecule has 6 rings (SSSR count). The number of fused-ring (bicyclic) bond motifs is 1. The van der Waals surface area contributed by atoms with E-state index in [1.54, 1.807) is 0 Å². The van der Waals surface area contributed by atoms with Gasteiger partial charge in [-0.25, -0.2) is 4.98 Å². The van der Waals surface area contributed by atoms with E-state index in [1.165, 1.54) is 0 Å². The number of carbonyl (C=O) groups excluding carboxylic acids is 1. The van der Waals surface area contributed by atoms with E-state index in [9.17, 15) is 10.1 Å². The fourth-order valence-corrected chi connectivity index (χ4v) is 6.76. The van der Waals surface area contributed by atoms with Crippen LogP contribution in [0.3, 0.4) is 0 Å². The van der Waals surface area contributed by atoms with Crippen molar-refractivity contribution in [3.63, 3.8) is 0 Å². The van der Waals surface area contributed by atoms with Crippen LogP contribution in [0.15, 0.2) is 48.5 Å². The molecule has 0 aliphatic carbocycles. The number of imidazole rings is 1. The summed E-state index contributed by atoms with van der Waals surface area (Å²) in [7, 11) is 0. The lowest BCUT2D eigenvalue weighted by Crippen LogP contribution is -2.42. The van der Waals surface area contributed by atoms with Crippen LogP contribution in [0.5, 0.6) is 0 Å². The Hall–Kier alpha value is -2.86. The third-order valence-corrected chi connectivity index (χ3v) is 8.67. The van der Waals surface area contributed by atoms with E-state index in [1.807, 2.05) is 40.9 Å². The number of para-hydroxylation sites is 1. The molecule has 0 radical (unpaired) electrons. The van der Waals surface area contributed by atoms with Gasteiger partial charge in [-0.1, -0.05) is 18.2 Å². The number of thioether (sulfide) groups is 1. The molecule has 0 bridgehead atoms. The number of nitrogens with one attached hydrogen (secondary N) is 1. The molecule has 3 fully saturated rings. The third-order valence-electron chi connectivity index (χ3n) is 7.71. The molecule has 3 aliphatic rings. The molecule has 2 aromatic carbocycles. The van der Waals surface area contributed by atoms with Crippen LogP contribution in [0.1, 0.15) is 36.6 Å². The monoisotopic (exact) mass is 486 g/mol. The lowest BCUT2D eigenvalue weighted by molar-refractivity contribution is -0.131. The normalized spacial score (nSPS) is 23.7. The smallest absolute Gasteiger partial charge is 0.240 e. The van der Waals surface area contributed by atoms with Crippen molar-refractivity contribution in [3.8, 4) is 11.8 Å². The van der Waals surface area contributed by atoms with Gasteiger partial charge in [0.2, 0.25) is 5.91 Å². The first-order valence-corrected chi connectivity index (χ1v) is 13.7. The Labute approximate surface area is 210 Å². The van der Waals surface area contributed by atoms with Gasteiger partial charge in [-0.15, -0.1) is 11.8 Å². The summed E-state index contributed by atoms with van der Waals surface area (Å²) in [6.07, 6.45) is 2.99. The van der Waals surface area contributed by atoms with Gasteiger partial charge in [-0.05, 0) is 62.7 Å². The molecular weight excluding hydrogens is 456 g/mol. The molecular formula is C27H30N6OS. The second-order valence-electron chi connectivity index (χ2n) is 9.76. The highest BCUT2D eigenvalue weighted by Crippen LogP contribution is 2.34. The summed E-state index contributed by atoms with van der Waals surface area (Å²) in [6, 6.07) is 18.8. The highest BCUT2D eigenvalue weighted by atomic mass is 32.2. The maximum absolute atomic E-state index is 12.8. The number of hydrogen-bond donors (Lipinski definition) is 1. The lowest BCUT2D eigenvalue weighted by Gasteiger charge is -2.35. The predicted molar refractivity (Wildman–Crippen MR) is 139 cm³/mol. The minimum absolute atomic E-state index is 0.0342. The van der Waals surface area contributed by atoms with Crippen LogP contribution in [0, 0.1) is 11.3 Å². The summed E-state index contributed by atoms with van der Waals surface area (Å²) in [4.78, 5) is 22.4. The van der Waals surface area contributed by atoms with Crippen molar-refractivity contribution in [1.29, 1.82) is 5.26 Å². The summed E-state index contributed by atoms with van der Waals surface area (Å²) in [6.45, 7) is 3.80. The van der Waals surface area contributed by atoms with Crippen molar-refractivity contribution in [3.05, 3.63) is 59.9 Å². The SMILES string of the molecule is N#Cc1ccc2c(c1)nc(C1CCN([C@@H]3CN[C@H](C(=O)N4CCSC4)C3)CC1)n2-c1ccccc1. The third kappa shape index (κ3) is 4.33. The lowest BCUT2D eigenvalue weighted by atomic mass is 9.94. The molecule has 8 heteroatoms. The molecule has 0 unspecified atom stereocenters. The summed E-state index contributed by atoms with van der Waals surface area (Å²) < 4.78 is 2.27. The quantitative estimate of drug-likeness (QED) is 0.610. The first-order chi connectivity index (χ1) is 17.2. The van der Waals surface area contributed by atoms with Crippen molar-refractivity contribution in [2.45, 2.75) is 37.3 Å². The number of likely N-dealkylation sites (tertiary alicyclic amines) is 1. The van der Waals surface area contributed by atoms with Gasteiger partial charge in [-0.3, -0.25) is 14.3 Å². The number of nitrogens with zero attached hydrogens (tertiary/aromatic N) is 5. The summed E-state index contributed by atoms with van der Waals surface area (Å²) in [5.41, 5.74) is 3.68. The van der Waals surface area contributed by atoms with Crippen molar-refractivity contribution in [2.24, 2.45) is 0 Å². The highest BCUT2D eigenvalue weighted by Gasteiger charge is 2.37. The van der Waals surface area contributed by atoms with Gasteiger partial charge in [0.15, 0.2) is 0 Å². The minimum atomic E-state index is -0.0342. The molecule has 2 atom stereocenters. The second kappa shape index (κ2) is 9.65. The molecule has 1 N–H and O–H groups in total. The zero-order valence-corrected chi connectivity index (χ0v) is 20.6. The van der Waals surface area contributed by atoms with Crippen molar-refractivity contribution in [1.82, 2.24) is 24.7 Å². The Morgan fingerprint density at radius 2 is 1.94 bits per heavy atom. The number of aromatic nitrogens is 2. The van der Waals surface area contributed by atoms with Gasteiger partial charge in [-0.2, -0.15) is 5.26 Å². The second-order valence-corrected chi connectivity index (χ2v) is 10.8. The average Bonchev–Trinajstić information content (AvgIpc) is 3.68. The number of hydrogen-bond acceptors (Lipinski definition) is 6. The van der Waals surface area contributed by atoms with Gasteiger partial charge in [0, 0.05) is 36.5 Å². The molecule has 0 saturated carbocycles. The van der Waals surface area contributed by atoms with E-state index in [0.717, 1.165) is 79.6 Å². The van der Waals surface area contributed by atoms with E-state index in [-0.39, 0.29) is 11.9 Å². The molecule has 0 spiro atoms. The number of benzene rings is 2. The molecule has 35 heavy (non-hydrogen) atoms. The van der Waals surface area contributed by atoms with E-state index in [2.05, 4.69) is 45.1 Å². The standard InChI is InChI=1S/C27H30N6OS/c28-16-19-6-7-25-23(14-19)30-26(33(25)21-4-2-1-3-5-21)20-8-10-31(11-9-20)22-15-24(29-17-22)27(34)32-12-13-35-18-32/h1-7,14,20,22,24,29H,8-13,15,17-18H2/t22-,24-/m0/s1. The van der Waals surface area contributed by atoms with Gasteiger partial charge < -0.3 is 10.2 Å². The van der Waals surface area contributed by atoms with Gasteiger partial charge >= 0.3 is 0 Å².